The third kappa shape index (κ3) is 2.63. The molecule has 0 aromatic heterocycles. The largest absolute Gasteiger partial charge is 0.374 e. The van der Waals surface area contributed by atoms with Crippen molar-refractivity contribution in [1.82, 2.24) is 0 Å². The zero-order valence-corrected chi connectivity index (χ0v) is 7.98. The molecule has 0 bridgehead atoms. The Morgan fingerprint density at radius 3 is 2.75 bits per heavy atom. The van der Waals surface area contributed by atoms with Gasteiger partial charge < -0.3 is 5.32 Å². The van der Waals surface area contributed by atoms with Crippen LogP contribution in [0.2, 0.25) is 0 Å². The molecule has 0 heterocycles. The molecular weight excluding hydrogens is 220 g/mol. The lowest BCUT2D eigenvalue weighted by molar-refractivity contribution is -0.384. The van der Waals surface area contributed by atoms with Crippen LogP contribution in [0.3, 0.4) is 0 Å². The number of nitro groups is 1. The predicted molar refractivity (Wildman–Crippen MR) is 52.3 cm³/mol. The van der Waals surface area contributed by atoms with Gasteiger partial charge in [-0.1, -0.05) is 6.07 Å². The lowest BCUT2D eigenvalue weighted by Crippen LogP contribution is -2.11. The van der Waals surface area contributed by atoms with Crippen LogP contribution in [0.5, 0.6) is 0 Å². The summed E-state index contributed by atoms with van der Waals surface area (Å²) in [5, 5.41) is 21.5. The van der Waals surface area contributed by atoms with E-state index >= 15 is 0 Å². The van der Waals surface area contributed by atoms with Crippen LogP contribution in [-0.2, 0) is 0 Å². The minimum Gasteiger partial charge on any atom is -0.374 e. The van der Waals surface area contributed by atoms with Crippen molar-refractivity contribution in [3.63, 3.8) is 0 Å². The number of halogens is 2. The molecule has 1 N–H and O–H groups in total. The van der Waals surface area contributed by atoms with Crippen LogP contribution >= 0.6 is 0 Å². The predicted octanol–water partition coefficient (Wildman–Crippen LogP) is 2.14. The van der Waals surface area contributed by atoms with E-state index in [1.807, 2.05) is 0 Å². The summed E-state index contributed by atoms with van der Waals surface area (Å²) in [6.45, 7) is -0.699. The number of benzene rings is 1. The molecule has 16 heavy (non-hydrogen) atoms. The van der Waals surface area contributed by atoms with Crippen LogP contribution in [0.25, 0.3) is 0 Å². The van der Waals surface area contributed by atoms with Gasteiger partial charge in [-0.3, -0.25) is 10.1 Å². The lowest BCUT2D eigenvalue weighted by atomic mass is 10.1. The first-order chi connectivity index (χ1) is 7.56. The van der Waals surface area contributed by atoms with E-state index in [2.05, 4.69) is 5.32 Å². The van der Waals surface area contributed by atoms with Crippen LogP contribution in [-0.4, -0.2) is 17.9 Å². The molecule has 0 saturated heterocycles. The Morgan fingerprint density at radius 1 is 1.56 bits per heavy atom. The maximum Gasteiger partial charge on any atom is 0.309 e. The van der Waals surface area contributed by atoms with Crippen LogP contribution in [0, 0.1) is 21.4 Å². The number of para-hydroxylation sites is 1. The van der Waals surface area contributed by atoms with Crippen molar-refractivity contribution < 1.29 is 13.7 Å². The SMILES string of the molecule is N#Cc1cccc(NCC(F)F)c1[N+](=O)[O-]. The van der Waals surface area contributed by atoms with Crippen molar-refractivity contribution in [2.75, 3.05) is 11.9 Å². The monoisotopic (exact) mass is 227 g/mol. The number of nitriles is 1. The molecule has 0 unspecified atom stereocenters. The molecule has 0 aliphatic heterocycles. The third-order valence-corrected chi connectivity index (χ3v) is 1.79. The Labute approximate surface area is 89.5 Å². The molecule has 0 atom stereocenters. The highest BCUT2D eigenvalue weighted by Crippen LogP contribution is 2.27. The zero-order valence-electron chi connectivity index (χ0n) is 7.98. The Hall–Kier alpha value is -2.23. The van der Waals surface area contributed by atoms with E-state index in [4.69, 9.17) is 5.26 Å². The van der Waals surface area contributed by atoms with Gasteiger partial charge in [-0.05, 0) is 12.1 Å². The lowest BCUT2D eigenvalue weighted by Gasteiger charge is -2.06. The summed E-state index contributed by atoms with van der Waals surface area (Å²) in [6, 6.07) is 5.56. The van der Waals surface area contributed by atoms with Crippen molar-refractivity contribution in [3.05, 3.63) is 33.9 Å². The standard InChI is InChI=1S/C9H7F2N3O2/c10-8(11)5-13-7-3-1-2-6(4-12)9(7)14(15)16/h1-3,8,13H,5H2. The van der Waals surface area contributed by atoms with Gasteiger partial charge >= 0.3 is 5.69 Å². The summed E-state index contributed by atoms with van der Waals surface area (Å²) in [5.41, 5.74) is -0.723. The van der Waals surface area contributed by atoms with Gasteiger partial charge in [0.15, 0.2) is 0 Å². The maximum atomic E-state index is 11.9. The zero-order chi connectivity index (χ0) is 12.1. The summed E-state index contributed by atoms with van der Waals surface area (Å²) in [4.78, 5) is 9.90. The number of nitrogens with one attached hydrogen (secondary N) is 1. The van der Waals surface area contributed by atoms with Gasteiger partial charge in [0.2, 0.25) is 0 Å². The minimum absolute atomic E-state index is 0.0793. The van der Waals surface area contributed by atoms with Gasteiger partial charge in [-0.25, -0.2) is 8.78 Å². The van der Waals surface area contributed by atoms with Gasteiger partial charge in [-0.15, -0.1) is 0 Å². The van der Waals surface area contributed by atoms with Crippen LogP contribution in [0.15, 0.2) is 18.2 Å². The van der Waals surface area contributed by atoms with Gasteiger partial charge in [0.1, 0.15) is 17.3 Å². The Kier molecular flexibility index (Phi) is 3.72. The van der Waals surface area contributed by atoms with E-state index in [1.165, 1.54) is 18.2 Å². The summed E-state index contributed by atoms with van der Waals surface area (Å²) < 4.78 is 23.9. The number of alkyl halides is 2. The van der Waals surface area contributed by atoms with E-state index in [0.717, 1.165) is 0 Å². The first-order valence-electron chi connectivity index (χ1n) is 4.25. The molecule has 0 aliphatic rings. The summed E-state index contributed by atoms with van der Waals surface area (Å²) in [5.74, 6) is 0. The Morgan fingerprint density at radius 2 is 2.25 bits per heavy atom. The molecule has 0 aliphatic carbocycles. The summed E-state index contributed by atoms with van der Waals surface area (Å²) in [7, 11) is 0. The first kappa shape index (κ1) is 11.8. The normalized spacial score (nSPS) is 9.88. The molecular formula is C9H7F2N3O2. The van der Waals surface area contributed by atoms with Crippen LogP contribution < -0.4 is 5.32 Å². The fraction of sp³-hybridized carbons (Fsp3) is 0.222. The molecule has 0 radical (unpaired) electrons. The van der Waals surface area contributed by atoms with E-state index in [9.17, 15) is 18.9 Å². The van der Waals surface area contributed by atoms with E-state index in [-0.39, 0.29) is 11.3 Å². The van der Waals surface area contributed by atoms with Gasteiger partial charge in [0, 0.05) is 0 Å². The third-order valence-electron chi connectivity index (χ3n) is 1.79. The molecule has 7 heteroatoms. The topological polar surface area (TPSA) is 79.0 Å². The molecule has 0 saturated carbocycles. The second-order valence-electron chi connectivity index (χ2n) is 2.84. The molecule has 1 rings (SSSR count). The molecule has 1 aromatic carbocycles. The number of hydrogen-bond donors (Lipinski definition) is 1. The molecule has 84 valence electrons. The molecule has 0 fully saturated rings. The highest BCUT2D eigenvalue weighted by molar-refractivity contribution is 5.68. The maximum absolute atomic E-state index is 11.9. The van der Waals surface area contributed by atoms with Gasteiger partial charge in [0.05, 0.1) is 11.5 Å². The van der Waals surface area contributed by atoms with E-state index in [1.54, 1.807) is 6.07 Å². The number of rotatable bonds is 4. The molecule has 1 aromatic rings. The van der Waals surface area contributed by atoms with Crippen molar-refractivity contribution in [2.45, 2.75) is 6.43 Å². The molecule has 5 nitrogen and oxygen atoms in total. The number of nitro benzene ring substituents is 1. The van der Waals surface area contributed by atoms with Crippen molar-refractivity contribution in [2.24, 2.45) is 0 Å². The minimum atomic E-state index is -2.62. The molecule has 0 amide bonds. The average Bonchev–Trinajstić information content (AvgIpc) is 2.25. The smallest absolute Gasteiger partial charge is 0.309 e. The van der Waals surface area contributed by atoms with E-state index in [0.29, 0.717) is 0 Å². The summed E-state index contributed by atoms with van der Waals surface area (Å²) in [6.07, 6.45) is -2.62. The quantitative estimate of drug-likeness (QED) is 0.631. The average molecular weight is 227 g/mol. The summed E-state index contributed by atoms with van der Waals surface area (Å²) >= 11 is 0. The second kappa shape index (κ2) is 5.02. The fourth-order valence-electron chi connectivity index (χ4n) is 1.16. The van der Waals surface area contributed by atoms with Crippen molar-refractivity contribution in [1.29, 1.82) is 5.26 Å². The fourth-order valence-corrected chi connectivity index (χ4v) is 1.16. The molecule has 0 spiro atoms. The Balaban J connectivity index is 3.08. The number of anilines is 1. The van der Waals surface area contributed by atoms with Gasteiger partial charge in [-0.2, -0.15) is 5.26 Å². The van der Waals surface area contributed by atoms with Crippen molar-refractivity contribution >= 4 is 11.4 Å². The first-order valence-corrected chi connectivity index (χ1v) is 4.25. The number of hydrogen-bond acceptors (Lipinski definition) is 4. The van der Waals surface area contributed by atoms with Gasteiger partial charge in [0.25, 0.3) is 6.43 Å². The van der Waals surface area contributed by atoms with Crippen molar-refractivity contribution in [3.8, 4) is 6.07 Å². The van der Waals surface area contributed by atoms with Crippen LogP contribution in [0.4, 0.5) is 20.2 Å². The second-order valence-corrected chi connectivity index (χ2v) is 2.84. The highest BCUT2D eigenvalue weighted by Gasteiger charge is 2.19. The van der Waals surface area contributed by atoms with Crippen LogP contribution in [0.1, 0.15) is 5.56 Å². The highest BCUT2D eigenvalue weighted by atomic mass is 19.3. The Bertz CT molecular complexity index is 443. The number of nitrogens with zero attached hydrogens (tertiary/aromatic N) is 2. The van der Waals surface area contributed by atoms with E-state index < -0.39 is 23.6 Å².